The molecule has 0 saturated carbocycles. The SMILES string of the molecule is CN(CC(=O)Nc1cccc(Cl)c1)CC1(C)CCNC1. The average Bonchev–Trinajstić information content (AvgIpc) is 2.74. The van der Waals surface area contributed by atoms with Crippen LogP contribution in [-0.4, -0.2) is 44.0 Å². The van der Waals surface area contributed by atoms with Crippen molar-refractivity contribution in [2.45, 2.75) is 13.3 Å². The summed E-state index contributed by atoms with van der Waals surface area (Å²) >= 11 is 5.90. The molecule has 0 radical (unpaired) electrons. The molecule has 1 unspecified atom stereocenters. The summed E-state index contributed by atoms with van der Waals surface area (Å²) in [5.41, 5.74) is 1.01. The summed E-state index contributed by atoms with van der Waals surface area (Å²) in [6.45, 7) is 5.66. The van der Waals surface area contributed by atoms with E-state index in [-0.39, 0.29) is 11.3 Å². The molecule has 1 aliphatic heterocycles. The second-order valence-corrected chi connectivity index (χ2v) is 6.40. The van der Waals surface area contributed by atoms with Crippen molar-refractivity contribution in [2.24, 2.45) is 5.41 Å². The van der Waals surface area contributed by atoms with Crippen molar-refractivity contribution in [1.82, 2.24) is 10.2 Å². The first kappa shape index (κ1) is 15.3. The Hall–Kier alpha value is -1.10. The molecule has 0 spiro atoms. The lowest BCUT2D eigenvalue weighted by Crippen LogP contribution is -2.39. The average molecular weight is 296 g/mol. The molecule has 20 heavy (non-hydrogen) atoms. The van der Waals surface area contributed by atoms with Gasteiger partial charge in [-0.25, -0.2) is 0 Å². The zero-order valence-electron chi connectivity index (χ0n) is 12.1. The van der Waals surface area contributed by atoms with E-state index in [2.05, 4.69) is 22.5 Å². The second kappa shape index (κ2) is 6.57. The topological polar surface area (TPSA) is 44.4 Å². The molecule has 0 bridgehead atoms. The van der Waals surface area contributed by atoms with E-state index in [1.54, 1.807) is 12.1 Å². The zero-order valence-corrected chi connectivity index (χ0v) is 12.8. The third-order valence-electron chi connectivity index (χ3n) is 3.63. The maximum absolute atomic E-state index is 12.0. The molecule has 2 N–H and O–H groups in total. The fraction of sp³-hybridized carbons (Fsp3) is 0.533. The number of hydrogen-bond acceptors (Lipinski definition) is 3. The van der Waals surface area contributed by atoms with E-state index in [0.717, 1.165) is 31.7 Å². The predicted octanol–water partition coefficient (Wildman–Crippen LogP) is 2.21. The van der Waals surface area contributed by atoms with Crippen LogP contribution in [0.4, 0.5) is 5.69 Å². The Morgan fingerprint density at radius 1 is 1.55 bits per heavy atom. The summed E-state index contributed by atoms with van der Waals surface area (Å²) in [4.78, 5) is 14.1. The molecule has 0 aliphatic carbocycles. The van der Waals surface area contributed by atoms with Gasteiger partial charge in [-0.05, 0) is 43.6 Å². The van der Waals surface area contributed by atoms with Gasteiger partial charge in [0.15, 0.2) is 0 Å². The predicted molar refractivity (Wildman–Crippen MR) is 83.2 cm³/mol. The molecule has 2 rings (SSSR count). The highest BCUT2D eigenvalue weighted by molar-refractivity contribution is 6.30. The Kier molecular flexibility index (Phi) is 5.02. The maximum Gasteiger partial charge on any atom is 0.238 e. The number of hydrogen-bond donors (Lipinski definition) is 2. The van der Waals surface area contributed by atoms with Gasteiger partial charge >= 0.3 is 0 Å². The van der Waals surface area contributed by atoms with Crippen LogP contribution in [0.3, 0.4) is 0 Å². The van der Waals surface area contributed by atoms with Crippen molar-refractivity contribution in [3.8, 4) is 0 Å². The van der Waals surface area contributed by atoms with Crippen LogP contribution in [0.25, 0.3) is 0 Å². The minimum atomic E-state index is -0.00989. The number of halogens is 1. The Morgan fingerprint density at radius 2 is 2.35 bits per heavy atom. The van der Waals surface area contributed by atoms with Crippen molar-refractivity contribution in [3.05, 3.63) is 29.3 Å². The molecule has 1 aromatic carbocycles. The molecule has 1 heterocycles. The van der Waals surface area contributed by atoms with Crippen LogP contribution in [0, 0.1) is 5.41 Å². The number of rotatable bonds is 5. The first-order valence-electron chi connectivity index (χ1n) is 6.92. The van der Waals surface area contributed by atoms with Crippen molar-refractivity contribution in [1.29, 1.82) is 0 Å². The van der Waals surface area contributed by atoms with Gasteiger partial charge in [0, 0.05) is 23.8 Å². The molecule has 1 aromatic rings. The lowest BCUT2D eigenvalue weighted by Gasteiger charge is -2.28. The van der Waals surface area contributed by atoms with Gasteiger partial charge < -0.3 is 10.6 Å². The third kappa shape index (κ3) is 4.47. The summed E-state index contributed by atoms with van der Waals surface area (Å²) in [5, 5.41) is 6.87. The molecule has 1 fully saturated rings. The highest BCUT2D eigenvalue weighted by Crippen LogP contribution is 2.25. The monoisotopic (exact) mass is 295 g/mol. The van der Waals surface area contributed by atoms with Crippen LogP contribution in [-0.2, 0) is 4.79 Å². The van der Waals surface area contributed by atoms with E-state index in [1.807, 2.05) is 19.2 Å². The van der Waals surface area contributed by atoms with E-state index < -0.39 is 0 Å². The Labute approximate surface area is 125 Å². The fourth-order valence-corrected chi connectivity index (χ4v) is 2.91. The Balaban J connectivity index is 1.82. The third-order valence-corrected chi connectivity index (χ3v) is 3.87. The van der Waals surface area contributed by atoms with Crippen molar-refractivity contribution < 1.29 is 4.79 Å². The number of carbonyl (C=O) groups excluding carboxylic acids is 1. The van der Waals surface area contributed by atoms with Crippen LogP contribution in [0.2, 0.25) is 5.02 Å². The smallest absolute Gasteiger partial charge is 0.238 e. The van der Waals surface area contributed by atoms with E-state index in [0.29, 0.717) is 11.6 Å². The van der Waals surface area contributed by atoms with Crippen LogP contribution >= 0.6 is 11.6 Å². The number of benzene rings is 1. The molecule has 110 valence electrons. The highest BCUT2D eigenvalue weighted by atomic mass is 35.5. The minimum Gasteiger partial charge on any atom is -0.325 e. The number of anilines is 1. The first-order valence-corrected chi connectivity index (χ1v) is 7.29. The molecule has 0 aromatic heterocycles. The fourth-order valence-electron chi connectivity index (χ4n) is 2.72. The highest BCUT2D eigenvalue weighted by Gasteiger charge is 2.29. The lowest BCUT2D eigenvalue weighted by molar-refractivity contribution is -0.117. The number of nitrogens with zero attached hydrogens (tertiary/aromatic N) is 1. The minimum absolute atomic E-state index is 0.00989. The number of carbonyl (C=O) groups is 1. The molecule has 4 nitrogen and oxygen atoms in total. The molecule has 1 saturated heterocycles. The Morgan fingerprint density at radius 3 is 3.00 bits per heavy atom. The van der Waals surface area contributed by atoms with Gasteiger partial charge in [0.1, 0.15) is 0 Å². The van der Waals surface area contributed by atoms with E-state index in [4.69, 9.17) is 11.6 Å². The number of likely N-dealkylation sites (N-methyl/N-ethyl adjacent to an activating group) is 1. The van der Waals surface area contributed by atoms with Gasteiger partial charge in [0.2, 0.25) is 5.91 Å². The largest absolute Gasteiger partial charge is 0.325 e. The van der Waals surface area contributed by atoms with Gasteiger partial charge in [0.05, 0.1) is 6.54 Å². The number of nitrogens with one attached hydrogen (secondary N) is 2. The summed E-state index contributed by atoms with van der Waals surface area (Å²) in [6, 6.07) is 7.21. The van der Waals surface area contributed by atoms with Crippen LogP contribution in [0.5, 0.6) is 0 Å². The maximum atomic E-state index is 12.0. The summed E-state index contributed by atoms with van der Waals surface area (Å²) in [7, 11) is 1.99. The number of amides is 1. The van der Waals surface area contributed by atoms with Crippen LogP contribution in [0.1, 0.15) is 13.3 Å². The normalized spacial score (nSPS) is 22.2. The quantitative estimate of drug-likeness (QED) is 0.875. The summed E-state index contributed by atoms with van der Waals surface area (Å²) in [5.74, 6) is -0.00989. The summed E-state index contributed by atoms with van der Waals surface area (Å²) in [6.07, 6.45) is 1.16. The summed E-state index contributed by atoms with van der Waals surface area (Å²) < 4.78 is 0. The standard InChI is InChI=1S/C15H22ClN3O/c1-15(6-7-17-10-15)11-19(2)9-14(20)18-13-5-3-4-12(16)8-13/h3-5,8,17H,6-7,9-11H2,1-2H3,(H,18,20). The zero-order chi connectivity index (χ0) is 14.6. The van der Waals surface area contributed by atoms with Crippen LogP contribution < -0.4 is 10.6 Å². The molecular formula is C15H22ClN3O. The molecular weight excluding hydrogens is 274 g/mol. The second-order valence-electron chi connectivity index (χ2n) is 5.97. The van der Waals surface area contributed by atoms with E-state index >= 15 is 0 Å². The lowest BCUT2D eigenvalue weighted by atomic mass is 9.89. The first-order chi connectivity index (χ1) is 9.47. The van der Waals surface area contributed by atoms with Gasteiger partial charge in [-0.2, -0.15) is 0 Å². The molecule has 1 atom stereocenters. The van der Waals surface area contributed by atoms with E-state index in [1.165, 1.54) is 0 Å². The van der Waals surface area contributed by atoms with Gasteiger partial charge in [-0.3, -0.25) is 9.69 Å². The van der Waals surface area contributed by atoms with Crippen molar-refractivity contribution in [2.75, 3.05) is 38.5 Å². The van der Waals surface area contributed by atoms with Gasteiger partial charge in [-0.1, -0.05) is 24.6 Å². The van der Waals surface area contributed by atoms with Gasteiger partial charge in [0.25, 0.3) is 0 Å². The van der Waals surface area contributed by atoms with Gasteiger partial charge in [-0.15, -0.1) is 0 Å². The molecule has 1 aliphatic rings. The van der Waals surface area contributed by atoms with Crippen molar-refractivity contribution >= 4 is 23.2 Å². The van der Waals surface area contributed by atoms with E-state index in [9.17, 15) is 4.79 Å². The Bertz CT molecular complexity index is 472. The molecule has 1 amide bonds. The molecule has 5 heteroatoms. The van der Waals surface area contributed by atoms with Crippen LogP contribution in [0.15, 0.2) is 24.3 Å². The van der Waals surface area contributed by atoms with Crippen molar-refractivity contribution in [3.63, 3.8) is 0 Å².